The van der Waals surface area contributed by atoms with E-state index < -0.39 is 6.10 Å². The minimum Gasteiger partial charge on any atom is -0.388 e. The second kappa shape index (κ2) is 4.99. The van der Waals surface area contributed by atoms with E-state index in [1.165, 1.54) is 17.4 Å². The van der Waals surface area contributed by atoms with Gasteiger partial charge in [-0.3, -0.25) is 10.1 Å². The van der Waals surface area contributed by atoms with Crippen molar-refractivity contribution < 1.29 is 10.0 Å². The Morgan fingerprint density at radius 3 is 2.76 bits per heavy atom. The van der Waals surface area contributed by atoms with Crippen molar-refractivity contribution in [1.82, 2.24) is 5.32 Å². The molecule has 0 aliphatic carbocycles. The molecule has 0 bridgehead atoms. The van der Waals surface area contributed by atoms with Gasteiger partial charge in [-0.1, -0.05) is 0 Å². The lowest BCUT2D eigenvalue weighted by molar-refractivity contribution is -0.383. The summed E-state index contributed by atoms with van der Waals surface area (Å²) in [6.07, 6.45) is -0.657. The standard InChI is InChI=1S/C10H15N3O3S/c1-7(14)9-6-8(13(15)16)10(17-9)12-4-2-11-3-5-12/h6-7,11,14H,2-5H2,1H3/t7-/m0/s1. The number of hydrogen-bond donors (Lipinski definition) is 2. The first-order chi connectivity index (χ1) is 8.09. The maximum Gasteiger partial charge on any atom is 0.304 e. The van der Waals surface area contributed by atoms with Gasteiger partial charge in [0.05, 0.1) is 11.0 Å². The van der Waals surface area contributed by atoms with Crippen molar-refractivity contribution in [2.75, 3.05) is 31.1 Å². The number of rotatable bonds is 3. The highest BCUT2D eigenvalue weighted by molar-refractivity contribution is 7.16. The molecular weight excluding hydrogens is 242 g/mol. The Morgan fingerprint density at radius 2 is 2.24 bits per heavy atom. The van der Waals surface area contributed by atoms with Gasteiger partial charge in [-0.15, -0.1) is 11.3 Å². The fraction of sp³-hybridized carbons (Fsp3) is 0.600. The van der Waals surface area contributed by atoms with Gasteiger partial charge < -0.3 is 15.3 Å². The lowest BCUT2D eigenvalue weighted by Crippen LogP contribution is -2.43. The molecule has 2 heterocycles. The van der Waals surface area contributed by atoms with Crippen molar-refractivity contribution in [1.29, 1.82) is 0 Å². The topological polar surface area (TPSA) is 78.6 Å². The maximum atomic E-state index is 11.0. The molecule has 1 aliphatic heterocycles. The summed E-state index contributed by atoms with van der Waals surface area (Å²) < 4.78 is 0. The maximum absolute atomic E-state index is 11.0. The summed E-state index contributed by atoms with van der Waals surface area (Å²) in [5.41, 5.74) is 0.104. The van der Waals surface area contributed by atoms with Crippen LogP contribution in [0.25, 0.3) is 0 Å². The number of nitro groups is 1. The minimum atomic E-state index is -0.657. The molecule has 0 amide bonds. The second-order valence-corrected chi connectivity index (χ2v) is 5.07. The van der Waals surface area contributed by atoms with Crippen LogP contribution in [0.5, 0.6) is 0 Å². The third-order valence-corrected chi connectivity index (χ3v) is 4.08. The highest BCUT2D eigenvalue weighted by Crippen LogP contribution is 2.40. The molecule has 94 valence electrons. The molecule has 0 saturated carbocycles. The van der Waals surface area contributed by atoms with Crippen molar-refractivity contribution in [3.63, 3.8) is 0 Å². The summed E-state index contributed by atoms with van der Waals surface area (Å²) in [4.78, 5) is 13.3. The summed E-state index contributed by atoms with van der Waals surface area (Å²) in [5.74, 6) is 0. The van der Waals surface area contributed by atoms with E-state index in [2.05, 4.69) is 5.32 Å². The van der Waals surface area contributed by atoms with Crippen LogP contribution in [0.15, 0.2) is 6.07 Å². The van der Waals surface area contributed by atoms with Crippen LogP contribution >= 0.6 is 11.3 Å². The first-order valence-electron chi connectivity index (χ1n) is 5.51. The molecule has 0 aromatic carbocycles. The smallest absolute Gasteiger partial charge is 0.304 e. The molecule has 17 heavy (non-hydrogen) atoms. The monoisotopic (exact) mass is 257 g/mol. The minimum absolute atomic E-state index is 0.104. The van der Waals surface area contributed by atoms with Crippen molar-refractivity contribution in [2.24, 2.45) is 0 Å². The Hall–Kier alpha value is -1.18. The van der Waals surface area contributed by atoms with E-state index in [9.17, 15) is 15.2 Å². The van der Waals surface area contributed by atoms with E-state index in [0.29, 0.717) is 9.88 Å². The molecule has 0 unspecified atom stereocenters. The summed E-state index contributed by atoms with van der Waals surface area (Å²) in [6.45, 7) is 4.82. The summed E-state index contributed by atoms with van der Waals surface area (Å²) >= 11 is 1.31. The quantitative estimate of drug-likeness (QED) is 0.626. The zero-order chi connectivity index (χ0) is 12.4. The zero-order valence-electron chi connectivity index (χ0n) is 9.55. The Kier molecular flexibility index (Phi) is 3.60. The molecular formula is C10H15N3O3S. The molecule has 1 aromatic rings. The van der Waals surface area contributed by atoms with Crippen molar-refractivity contribution in [3.8, 4) is 0 Å². The van der Waals surface area contributed by atoms with E-state index in [-0.39, 0.29) is 10.6 Å². The highest BCUT2D eigenvalue weighted by Gasteiger charge is 2.26. The van der Waals surface area contributed by atoms with Crippen LogP contribution in [-0.4, -0.2) is 36.2 Å². The van der Waals surface area contributed by atoms with Gasteiger partial charge in [-0.2, -0.15) is 0 Å². The SMILES string of the molecule is C[C@H](O)c1cc([N+](=O)[O-])c(N2CCNCC2)s1. The van der Waals surface area contributed by atoms with E-state index in [1.807, 2.05) is 4.90 Å². The number of piperazine rings is 1. The van der Waals surface area contributed by atoms with Crippen LogP contribution in [0.4, 0.5) is 10.7 Å². The van der Waals surface area contributed by atoms with Crippen molar-refractivity contribution in [2.45, 2.75) is 13.0 Å². The highest BCUT2D eigenvalue weighted by atomic mass is 32.1. The Bertz CT molecular complexity index is 413. The van der Waals surface area contributed by atoms with Gasteiger partial charge in [0, 0.05) is 37.1 Å². The van der Waals surface area contributed by atoms with Gasteiger partial charge in [0.2, 0.25) is 0 Å². The van der Waals surface area contributed by atoms with E-state index in [1.54, 1.807) is 6.92 Å². The molecule has 1 saturated heterocycles. The average Bonchev–Trinajstić information content (AvgIpc) is 2.75. The number of nitrogens with zero attached hydrogens (tertiary/aromatic N) is 2. The molecule has 1 atom stereocenters. The zero-order valence-corrected chi connectivity index (χ0v) is 10.4. The largest absolute Gasteiger partial charge is 0.388 e. The Morgan fingerprint density at radius 1 is 1.59 bits per heavy atom. The lowest BCUT2D eigenvalue weighted by atomic mass is 10.3. The van der Waals surface area contributed by atoms with Crippen LogP contribution in [0.2, 0.25) is 0 Å². The molecule has 2 rings (SSSR count). The normalized spacial score (nSPS) is 18.1. The average molecular weight is 257 g/mol. The molecule has 1 aliphatic rings. The lowest BCUT2D eigenvalue weighted by Gasteiger charge is -2.27. The number of nitrogens with one attached hydrogen (secondary N) is 1. The fourth-order valence-corrected chi connectivity index (χ4v) is 2.94. The van der Waals surface area contributed by atoms with Crippen LogP contribution in [-0.2, 0) is 0 Å². The summed E-state index contributed by atoms with van der Waals surface area (Å²) in [6, 6.07) is 1.48. The van der Waals surface area contributed by atoms with Gasteiger partial charge in [0.1, 0.15) is 0 Å². The molecule has 1 aromatic heterocycles. The van der Waals surface area contributed by atoms with Crippen molar-refractivity contribution in [3.05, 3.63) is 21.1 Å². The number of anilines is 1. The Balaban J connectivity index is 2.32. The predicted molar refractivity (Wildman–Crippen MR) is 66.7 cm³/mol. The van der Waals surface area contributed by atoms with Gasteiger partial charge in [0.15, 0.2) is 5.00 Å². The Labute approximate surface area is 103 Å². The predicted octanol–water partition coefficient (Wildman–Crippen LogP) is 1.12. The molecule has 0 spiro atoms. The van der Waals surface area contributed by atoms with Crippen LogP contribution < -0.4 is 10.2 Å². The third kappa shape index (κ3) is 2.56. The summed E-state index contributed by atoms with van der Waals surface area (Å²) in [5, 5.41) is 24.4. The number of hydrogen-bond acceptors (Lipinski definition) is 6. The number of thiophene rings is 1. The van der Waals surface area contributed by atoms with Crippen LogP contribution in [0.3, 0.4) is 0 Å². The number of aliphatic hydroxyl groups is 1. The summed E-state index contributed by atoms with van der Waals surface area (Å²) in [7, 11) is 0. The molecule has 6 nitrogen and oxygen atoms in total. The molecule has 0 radical (unpaired) electrons. The van der Waals surface area contributed by atoms with Crippen LogP contribution in [0.1, 0.15) is 17.9 Å². The third-order valence-electron chi connectivity index (χ3n) is 2.73. The first-order valence-corrected chi connectivity index (χ1v) is 6.33. The second-order valence-electron chi connectivity index (χ2n) is 4.01. The van der Waals surface area contributed by atoms with Gasteiger partial charge >= 0.3 is 5.69 Å². The van der Waals surface area contributed by atoms with E-state index >= 15 is 0 Å². The molecule has 2 N–H and O–H groups in total. The van der Waals surface area contributed by atoms with Gasteiger partial charge in [-0.05, 0) is 6.92 Å². The van der Waals surface area contributed by atoms with E-state index in [0.717, 1.165) is 26.2 Å². The molecule has 1 fully saturated rings. The van der Waals surface area contributed by atoms with E-state index in [4.69, 9.17) is 0 Å². The van der Waals surface area contributed by atoms with Crippen LogP contribution in [0, 0.1) is 10.1 Å². The van der Waals surface area contributed by atoms with Gasteiger partial charge in [-0.25, -0.2) is 0 Å². The van der Waals surface area contributed by atoms with Gasteiger partial charge in [0.25, 0.3) is 0 Å². The number of aliphatic hydroxyl groups excluding tert-OH is 1. The molecule has 7 heteroatoms. The van der Waals surface area contributed by atoms with Crippen molar-refractivity contribution >= 4 is 22.0 Å². The first kappa shape index (κ1) is 12.3. The fourth-order valence-electron chi connectivity index (χ4n) is 1.82.